The average molecular weight is 394 g/mol. The molecule has 0 heterocycles. The molecule has 112 valence electrons. The van der Waals surface area contributed by atoms with Crippen molar-refractivity contribution in [2.45, 2.75) is 4.90 Å². The first-order valence-corrected chi connectivity index (χ1v) is 8.44. The summed E-state index contributed by atoms with van der Waals surface area (Å²) in [6.07, 6.45) is 0. The van der Waals surface area contributed by atoms with Gasteiger partial charge in [0.25, 0.3) is 10.0 Å². The van der Waals surface area contributed by atoms with E-state index in [-0.39, 0.29) is 20.1 Å². The van der Waals surface area contributed by atoms with E-state index in [9.17, 15) is 12.8 Å². The third-order valence-corrected chi connectivity index (χ3v) is 4.99. The first kappa shape index (κ1) is 16.1. The third-order valence-electron chi connectivity index (χ3n) is 2.70. The number of sulfonamides is 1. The molecule has 8 heteroatoms. The second kappa shape index (κ2) is 6.21. The van der Waals surface area contributed by atoms with Crippen molar-refractivity contribution in [1.82, 2.24) is 0 Å². The number of hydrogen-bond acceptors (Lipinski definition) is 3. The molecule has 0 aromatic heterocycles. The van der Waals surface area contributed by atoms with Gasteiger partial charge in [-0.15, -0.1) is 0 Å². The summed E-state index contributed by atoms with van der Waals surface area (Å²) in [5.74, 6) is -0.562. The van der Waals surface area contributed by atoms with Crippen molar-refractivity contribution in [2.24, 2.45) is 0 Å². The topological polar surface area (TPSA) is 58.2 Å². The summed E-state index contributed by atoms with van der Waals surface area (Å²) in [4.78, 5) is 0.0776. The molecule has 0 aliphatic carbocycles. The van der Waals surface area contributed by atoms with Crippen LogP contribution < -0.4 is 10.0 Å². The molecule has 2 rings (SSSR count). The van der Waals surface area contributed by atoms with Gasteiger partial charge in [0.2, 0.25) is 0 Å². The number of halogens is 3. The molecular weight excluding hydrogens is 383 g/mol. The summed E-state index contributed by atoms with van der Waals surface area (Å²) in [7, 11) is -2.08. The van der Waals surface area contributed by atoms with Crippen molar-refractivity contribution in [3.63, 3.8) is 0 Å². The van der Waals surface area contributed by atoms with Crippen molar-refractivity contribution < 1.29 is 12.8 Å². The quantitative estimate of drug-likeness (QED) is 0.823. The molecule has 0 saturated carbocycles. The van der Waals surface area contributed by atoms with E-state index in [2.05, 4.69) is 26.0 Å². The lowest BCUT2D eigenvalue weighted by molar-refractivity contribution is 0.601. The fourth-order valence-electron chi connectivity index (χ4n) is 1.63. The normalized spacial score (nSPS) is 11.2. The zero-order valence-corrected chi connectivity index (χ0v) is 14.0. The van der Waals surface area contributed by atoms with Crippen LogP contribution in [0.15, 0.2) is 45.8 Å². The molecule has 0 bridgehead atoms. The van der Waals surface area contributed by atoms with Crippen LogP contribution >= 0.6 is 27.5 Å². The van der Waals surface area contributed by atoms with Gasteiger partial charge in [-0.25, -0.2) is 12.8 Å². The van der Waals surface area contributed by atoms with Crippen molar-refractivity contribution >= 4 is 48.9 Å². The fourth-order valence-corrected chi connectivity index (χ4v) is 3.82. The Kier molecular flexibility index (Phi) is 4.75. The first-order valence-electron chi connectivity index (χ1n) is 5.78. The molecule has 0 aliphatic heterocycles. The SMILES string of the molecule is CNc1ccc(S(=O)(=O)Nc2c(Cl)cc(F)cc2Br)cc1. The maximum absolute atomic E-state index is 13.1. The lowest BCUT2D eigenvalue weighted by Gasteiger charge is -2.12. The van der Waals surface area contributed by atoms with Gasteiger partial charge in [-0.2, -0.15) is 0 Å². The van der Waals surface area contributed by atoms with Crippen LogP contribution in [0.2, 0.25) is 5.02 Å². The minimum Gasteiger partial charge on any atom is -0.388 e. The van der Waals surface area contributed by atoms with Crippen LogP contribution in [0.25, 0.3) is 0 Å². The second-order valence-corrected chi connectivity index (χ2v) is 7.07. The van der Waals surface area contributed by atoms with Gasteiger partial charge in [-0.1, -0.05) is 11.6 Å². The maximum atomic E-state index is 13.1. The first-order chi connectivity index (χ1) is 9.83. The lowest BCUT2D eigenvalue weighted by atomic mass is 10.3. The number of nitrogens with one attached hydrogen (secondary N) is 2. The van der Waals surface area contributed by atoms with Crippen molar-refractivity contribution in [3.05, 3.63) is 51.7 Å². The van der Waals surface area contributed by atoms with E-state index >= 15 is 0 Å². The molecule has 2 N–H and O–H groups in total. The minimum absolute atomic E-state index is 0.0303. The Hall–Kier alpha value is -1.31. The van der Waals surface area contributed by atoms with E-state index in [0.29, 0.717) is 0 Å². The molecule has 21 heavy (non-hydrogen) atoms. The van der Waals surface area contributed by atoms with E-state index in [1.807, 2.05) is 0 Å². The number of hydrogen-bond donors (Lipinski definition) is 2. The molecule has 0 unspecified atom stereocenters. The largest absolute Gasteiger partial charge is 0.388 e. The Bertz CT molecular complexity index is 743. The smallest absolute Gasteiger partial charge is 0.261 e. The molecule has 0 aliphatic rings. The number of benzene rings is 2. The van der Waals surface area contributed by atoms with Gasteiger partial charge in [-0.05, 0) is 52.3 Å². The third kappa shape index (κ3) is 3.66. The predicted molar refractivity (Wildman–Crippen MR) is 85.9 cm³/mol. The van der Waals surface area contributed by atoms with E-state index in [1.54, 1.807) is 19.2 Å². The molecule has 0 spiro atoms. The fraction of sp³-hybridized carbons (Fsp3) is 0.0769. The zero-order valence-electron chi connectivity index (χ0n) is 10.8. The van der Waals surface area contributed by atoms with Crippen LogP contribution in [0.1, 0.15) is 0 Å². The maximum Gasteiger partial charge on any atom is 0.261 e. The average Bonchev–Trinajstić information content (AvgIpc) is 2.43. The van der Waals surface area contributed by atoms with Gasteiger partial charge in [0.1, 0.15) is 5.82 Å². The van der Waals surface area contributed by atoms with Crippen LogP contribution in [0.4, 0.5) is 15.8 Å². The molecule has 2 aromatic carbocycles. The standard InChI is InChI=1S/C13H11BrClFN2O2S/c1-17-9-2-4-10(5-3-9)21(19,20)18-13-11(14)6-8(16)7-12(13)15/h2-7,17-18H,1H3. The van der Waals surface area contributed by atoms with Gasteiger partial charge in [0, 0.05) is 17.2 Å². The molecule has 0 radical (unpaired) electrons. The molecule has 0 saturated heterocycles. The summed E-state index contributed by atoms with van der Waals surface area (Å²) in [5, 5.41) is 2.86. The highest BCUT2D eigenvalue weighted by atomic mass is 79.9. The van der Waals surface area contributed by atoms with Crippen LogP contribution in [0.3, 0.4) is 0 Å². The van der Waals surface area contributed by atoms with Crippen LogP contribution in [-0.2, 0) is 10.0 Å². The monoisotopic (exact) mass is 392 g/mol. The highest BCUT2D eigenvalue weighted by Gasteiger charge is 2.18. The Balaban J connectivity index is 2.37. The van der Waals surface area contributed by atoms with Gasteiger partial charge in [-0.3, -0.25) is 4.72 Å². The Morgan fingerprint density at radius 2 is 1.81 bits per heavy atom. The zero-order chi connectivity index (χ0) is 15.6. The molecular formula is C13H11BrClFN2O2S. The minimum atomic E-state index is -3.81. The van der Waals surface area contributed by atoms with Gasteiger partial charge < -0.3 is 5.32 Å². The van der Waals surface area contributed by atoms with Crippen LogP contribution in [0.5, 0.6) is 0 Å². The van der Waals surface area contributed by atoms with Crippen molar-refractivity contribution in [2.75, 3.05) is 17.1 Å². The summed E-state index contributed by atoms with van der Waals surface area (Å²) >= 11 is 8.95. The van der Waals surface area contributed by atoms with Gasteiger partial charge in [0.15, 0.2) is 0 Å². The highest BCUT2D eigenvalue weighted by molar-refractivity contribution is 9.10. The Labute approximate surface area is 135 Å². The van der Waals surface area contributed by atoms with E-state index in [0.717, 1.165) is 17.8 Å². The molecule has 0 fully saturated rings. The molecule has 2 aromatic rings. The van der Waals surface area contributed by atoms with E-state index < -0.39 is 15.8 Å². The molecule has 0 amide bonds. The summed E-state index contributed by atoms with van der Waals surface area (Å²) in [6.45, 7) is 0. The molecule has 4 nitrogen and oxygen atoms in total. The highest BCUT2D eigenvalue weighted by Crippen LogP contribution is 2.33. The molecule has 0 atom stereocenters. The summed E-state index contributed by atoms with van der Waals surface area (Å²) < 4.78 is 40.3. The summed E-state index contributed by atoms with van der Waals surface area (Å²) in [5.41, 5.74) is 0.880. The van der Waals surface area contributed by atoms with Gasteiger partial charge in [0.05, 0.1) is 15.6 Å². The Morgan fingerprint density at radius 3 is 2.33 bits per heavy atom. The van der Waals surface area contributed by atoms with Crippen LogP contribution in [0, 0.1) is 5.82 Å². The lowest BCUT2D eigenvalue weighted by Crippen LogP contribution is -2.13. The van der Waals surface area contributed by atoms with Crippen molar-refractivity contribution in [1.29, 1.82) is 0 Å². The summed E-state index contributed by atoms with van der Waals surface area (Å²) in [6, 6.07) is 8.35. The predicted octanol–water partition coefficient (Wildman–Crippen LogP) is 4.08. The number of anilines is 2. The van der Waals surface area contributed by atoms with E-state index in [4.69, 9.17) is 11.6 Å². The van der Waals surface area contributed by atoms with Crippen molar-refractivity contribution in [3.8, 4) is 0 Å². The van der Waals surface area contributed by atoms with E-state index in [1.165, 1.54) is 12.1 Å². The number of rotatable bonds is 4. The van der Waals surface area contributed by atoms with Gasteiger partial charge >= 0.3 is 0 Å². The second-order valence-electron chi connectivity index (χ2n) is 4.12. The van der Waals surface area contributed by atoms with Crippen LogP contribution in [-0.4, -0.2) is 15.5 Å². The Morgan fingerprint density at radius 1 is 1.19 bits per heavy atom.